The molecule has 6 nitrogen and oxygen atoms in total. The number of carbonyl (C=O) groups is 1. The van der Waals surface area contributed by atoms with E-state index in [1.165, 1.54) is 12.3 Å². The maximum absolute atomic E-state index is 12.2. The molecule has 0 unspecified atom stereocenters. The smallest absolute Gasteiger partial charge is 0.260 e. The zero-order chi connectivity index (χ0) is 14.7. The number of nitrogens with one attached hydrogen (secondary N) is 2. The van der Waals surface area contributed by atoms with Crippen LogP contribution in [0.5, 0.6) is 0 Å². The first kappa shape index (κ1) is 14.3. The normalized spacial score (nSPS) is 12.2. The SMILES string of the molecule is CC[C@@H](NC(=O)c1cc(Cl)c[nH]c1=O)c1cnn(C)c1. The van der Waals surface area contributed by atoms with Crippen molar-refractivity contribution in [2.45, 2.75) is 19.4 Å². The van der Waals surface area contributed by atoms with Gasteiger partial charge in [0.15, 0.2) is 0 Å². The van der Waals surface area contributed by atoms with E-state index in [4.69, 9.17) is 11.6 Å². The second kappa shape index (κ2) is 5.92. The second-order valence-electron chi connectivity index (χ2n) is 4.44. The number of aromatic amines is 1. The number of halogens is 1. The van der Waals surface area contributed by atoms with Crippen LogP contribution in [0.3, 0.4) is 0 Å². The summed E-state index contributed by atoms with van der Waals surface area (Å²) in [6, 6.07) is 1.15. The van der Waals surface area contributed by atoms with Gasteiger partial charge in [0.25, 0.3) is 11.5 Å². The zero-order valence-electron chi connectivity index (χ0n) is 11.2. The van der Waals surface area contributed by atoms with Crippen LogP contribution in [0.25, 0.3) is 0 Å². The van der Waals surface area contributed by atoms with Crippen molar-refractivity contribution in [3.05, 3.63) is 51.2 Å². The highest BCUT2D eigenvalue weighted by atomic mass is 35.5. The first-order valence-corrected chi connectivity index (χ1v) is 6.56. The van der Waals surface area contributed by atoms with E-state index in [-0.39, 0.29) is 11.6 Å². The zero-order valence-corrected chi connectivity index (χ0v) is 11.9. The third-order valence-corrected chi connectivity index (χ3v) is 3.17. The van der Waals surface area contributed by atoms with Crippen molar-refractivity contribution in [1.29, 1.82) is 0 Å². The van der Waals surface area contributed by atoms with E-state index in [2.05, 4.69) is 15.4 Å². The van der Waals surface area contributed by atoms with Gasteiger partial charge in [-0.3, -0.25) is 14.3 Å². The van der Waals surface area contributed by atoms with Gasteiger partial charge in [0.1, 0.15) is 5.56 Å². The molecule has 0 fully saturated rings. The molecule has 2 aromatic rings. The molecule has 0 aliphatic carbocycles. The molecule has 1 atom stereocenters. The highest BCUT2D eigenvalue weighted by Gasteiger charge is 2.17. The molecule has 2 rings (SSSR count). The van der Waals surface area contributed by atoms with Gasteiger partial charge >= 0.3 is 0 Å². The van der Waals surface area contributed by atoms with Gasteiger partial charge in [-0.05, 0) is 12.5 Å². The molecular weight excluding hydrogens is 280 g/mol. The Balaban J connectivity index is 2.21. The van der Waals surface area contributed by atoms with E-state index in [9.17, 15) is 9.59 Å². The lowest BCUT2D eigenvalue weighted by molar-refractivity contribution is 0.0934. The molecule has 2 aromatic heterocycles. The fourth-order valence-electron chi connectivity index (χ4n) is 1.90. The van der Waals surface area contributed by atoms with Gasteiger partial charge in [-0.2, -0.15) is 5.10 Å². The molecule has 0 aliphatic heterocycles. The molecule has 7 heteroatoms. The summed E-state index contributed by atoms with van der Waals surface area (Å²) in [5, 5.41) is 7.19. The van der Waals surface area contributed by atoms with Crippen LogP contribution < -0.4 is 10.9 Å². The number of aryl methyl sites for hydroxylation is 1. The van der Waals surface area contributed by atoms with E-state index in [1.807, 2.05) is 13.1 Å². The number of rotatable bonds is 4. The molecule has 0 saturated carbocycles. The van der Waals surface area contributed by atoms with E-state index >= 15 is 0 Å². The fourth-order valence-corrected chi connectivity index (χ4v) is 2.07. The number of carbonyl (C=O) groups excluding carboxylic acids is 1. The van der Waals surface area contributed by atoms with E-state index in [0.717, 1.165) is 5.56 Å². The van der Waals surface area contributed by atoms with Gasteiger partial charge in [-0.25, -0.2) is 0 Å². The van der Waals surface area contributed by atoms with Crippen molar-refractivity contribution in [3.8, 4) is 0 Å². The van der Waals surface area contributed by atoms with Crippen molar-refractivity contribution < 1.29 is 4.79 Å². The third kappa shape index (κ3) is 3.08. The number of pyridine rings is 1. The molecule has 0 spiro atoms. The van der Waals surface area contributed by atoms with Crippen LogP contribution in [0.15, 0.2) is 29.5 Å². The van der Waals surface area contributed by atoms with Crippen molar-refractivity contribution in [2.24, 2.45) is 7.05 Å². The summed E-state index contributed by atoms with van der Waals surface area (Å²) in [4.78, 5) is 26.2. The number of amides is 1. The van der Waals surface area contributed by atoms with Crippen LogP contribution in [0.1, 0.15) is 35.3 Å². The number of nitrogens with zero attached hydrogens (tertiary/aromatic N) is 2. The Labute approximate surface area is 120 Å². The quantitative estimate of drug-likeness (QED) is 0.899. The fraction of sp³-hybridized carbons (Fsp3) is 0.308. The summed E-state index contributed by atoms with van der Waals surface area (Å²) in [6.07, 6.45) is 5.56. The van der Waals surface area contributed by atoms with E-state index in [0.29, 0.717) is 11.4 Å². The van der Waals surface area contributed by atoms with Gasteiger partial charge in [-0.1, -0.05) is 18.5 Å². The Morgan fingerprint density at radius 3 is 2.95 bits per heavy atom. The highest BCUT2D eigenvalue weighted by molar-refractivity contribution is 6.30. The molecule has 106 valence electrons. The van der Waals surface area contributed by atoms with Crippen molar-refractivity contribution in [3.63, 3.8) is 0 Å². The lowest BCUT2D eigenvalue weighted by atomic mass is 10.1. The molecule has 2 N–H and O–H groups in total. The predicted octanol–water partition coefficient (Wildman–Crippen LogP) is 1.64. The lowest BCUT2D eigenvalue weighted by Crippen LogP contribution is -2.32. The van der Waals surface area contributed by atoms with Crippen molar-refractivity contribution >= 4 is 17.5 Å². The van der Waals surface area contributed by atoms with E-state index < -0.39 is 11.5 Å². The average molecular weight is 295 g/mol. The predicted molar refractivity (Wildman–Crippen MR) is 75.8 cm³/mol. The summed E-state index contributed by atoms with van der Waals surface area (Å²) in [5.74, 6) is -0.454. The van der Waals surface area contributed by atoms with Gasteiger partial charge in [0.05, 0.1) is 17.3 Å². The summed E-state index contributed by atoms with van der Waals surface area (Å²) in [5.41, 5.74) is 0.426. The Bertz CT molecular complexity index is 677. The minimum atomic E-state index is -0.465. The van der Waals surface area contributed by atoms with E-state index in [1.54, 1.807) is 17.9 Å². The minimum absolute atomic E-state index is 0.000148. The van der Waals surface area contributed by atoms with Gasteiger partial charge in [-0.15, -0.1) is 0 Å². The Morgan fingerprint density at radius 1 is 1.60 bits per heavy atom. The van der Waals surface area contributed by atoms with Crippen molar-refractivity contribution in [1.82, 2.24) is 20.1 Å². The molecule has 0 aromatic carbocycles. The maximum Gasteiger partial charge on any atom is 0.260 e. The lowest BCUT2D eigenvalue weighted by Gasteiger charge is -2.15. The first-order valence-electron chi connectivity index (χ1n) is 6.19. The molecule has 0 aliphatic rings. The first-order chi connectivity index (χ1) is 9.51. The van der Waals surface area contributed by atoms with Crippen LogP contribution in [-0.2, 0) is 7.05 Å². The molecule has 0 bridgehead atoms. The molecule has 20 heavy (non-hydrogen) atoms. The monoisotopic (exact) mass is 294 g/mol. The topological polar surface area (TPSA) is 79.8 Å². The standard InChI is InChI=1S/C13H15ClN4O2/c1-3-11(8-5-16-18(2)7-8)17-13(20)10-4-9(14)6-15-12(10)19/h4-7,11H,3H2,1-2H3,(H,15,19)(H,17,20)/t11-/m1/s1. The van der Waals surface area contributed by atoms with Crippen LogP contribution in [0.4, 0.5) is 0 Å². The van der Waals surface area contributed by atoms with Crippen molar-refractivity contribution in [2.75, 3.05) is 0 Å². The second-order valence-corrected chi connectivity index (χ2v) is 4.88. The number of aromatic nitrogens is 3. The number of H-pyrrole nitrogens is 1. The third-order valence-electron chi connectivity index (χ3n) is 2.95. The Morgan fingerprint density at radius 2 is 2.35 bits per heavy atom. The summed E-state index contributed by atoms with van der Waals surface area (Å²) >= 11 is 5.79. The minimum Gasteiger partial charge on any atom is -0.345 e. The largest absolute Gasteiger partial charge is 0.345 e. The Kier molecular flexibility index (Phi) is 4.24. The van der Waals surface area contributed by atoms with Gasteiger partial charge in [0, 0.05) is 25.0 Å². The maximum atomic E-state index is 12.2. The number of hydrogen-bond donors (Lipinski definition) is 2. The molecule has 2 heterocycles. The van der Waals surface area contributed by atoms with Crippen LogP contribution in [-0.4, -0.2) is 20.7 Å². The molecule has 0 saturated heterocycles. The highest BCUT2D eigenvalue weighted by Crippen LogP contribution is 2.16. The molecular formula is C13H15ClN4O2. The summed E-state index contributed by atoms with van der Waals surface area (Å²) in [6.45, 7) is 1.94. The molecule has 1 amide bonds. The summed E-state index contributed by atoms with van der Waals surface area (Å²) in [7, 11) is 1.81. The van der Waals surface area contributed by atoms with Crippen LogP contribution in [0.2, 0.25) is 5.02 Å². The van der Waals surface area contributed by atoms with Crippen LogP contribution >= 0.6 is 11.6 Å². The molecule has 0 radical (unpaired) electrons. The summed E-state index contributed by atoms with van der Waals surface area (Å²) < 4.78 is 1.66. The van der Waals surface area contributed by atoms with Crippen LogP contribution in [0, 0.1) is 0 Å². The number of hydrogen-bond acceptors (Lipinski definition) is 3. The average Bonchev–Trinajstić information content (AvgIpc) is 2.85. The Hall–Kier alpha value is -2.08. The van der Waals surface area contributed by atoms with Gasteiger partial charge in [0.2, 0.25) is 0 Å². The van der Waals surface area contributed by atoms with Gasteiger partial charge < -0.3 is 10.3 Å².